The van der Waals surface area contributed by atoms with Gasteiger partial charge in [0.2, 0.25) is 5.91 Å². The fraction of sp³-hybridized carbons (Fsp3) is 0.583. The van der Waals surface area contributed by atoms with Crippen molar-refractivity contribution in [2.75, 3.05) is 39.4 Å². The van der Waals surface area contributed by atoms with E-state index >= 15 is 0 Å². The van der Waals surface area contributed by atoms with Gasteiger partial charge in [0.15, 0.2) is 0 Å². The summed E-state index contributed by atoms with van der Waals surface area (Å²) < 4.78 is 5.44. The van der Waals surface area contributed by atoms with Gasteiger partial charge in [0.05, 0.1) is 25.3 Å². The Hall–Kier alpha value is -1.76. The third kappa shape index (κ3) is 6.89. The minimum Gasteiger partial charge on any atom is -0.379 e. The molecule has 3 rings (SSSR count). The summed E-state index contributed by atoms with van der Waals surface area (Å²) in [4.78, 5) is 22.1. The Morgan fingerprint density at radius 2 is 1.87 bits per heavy atom. The van der Waals surface area contributed by atoms with Gasteiger partial charge < -0.3 is 9.64 Å². The van der Waals surface area contributed by atoms with Crippen LogP contribution in [-0.2, 0) is 22.5 Å². The predicted molar refractivity (Wildman–Crippen MR) is 124 cm³/mol. The number of hydrogen-bond donors (Lipinski definition) is 0. The van der Waals surface area contributed by atoms with E-state index in [0.29, 0.717) is 18.3 Å². The Balaban J connectivity index is 1.65. The molecule has 1 aliphatic heterocycles. The van der Waals surface area contributed by atoms with Crippen molar-refractivity contribution in [2.24, 2.45) is 11.8 Å². The molecule has 1 amide bonds. The highest BCUT2D eigenvalue weighted by Crippen LogP contribution is 2.25. The first-order chi connectivity index (χ1) is 14.4. The molecule has 2 aromatic rings. The van der Waals surface area contributed by atoms with Crippen LogP contribution in [-0.4, -0.2) is 60.1 Å². The van der Waals surface area contributed by atoms with Crippen LogP contribution in [0.15, 0.2) is 29.6 Å². The molecule has 0 N–H and O–H groups in total. The van der Waals surface area contributed by atoms with Crippen LogP contribution >= 0.6 is 11.3 Å². The van der Waals surface area contributed by atoms with Gasteiger partial charge in [0.25, 0.3) is 0 Å². The quantitative estimate of drug-likeness (QED) is 0.595. The molecule has 1 aliphatic rings. The average molecular weight is 430 g/mol. The maximum absolute atomic E-state index is 12.9. The van der Waals surface area contributed by atoms with Gasteiger partial charge in [0.1, 0.15) is 5.01 Å². The zero-order valence-electron chi connectivity index (χ0n) is 18.8. The fourth-order valence-electron chi connectivity index (χ4n) is 3.77. The fourth-order valence-corrected chi connectivity index (χ4v) is 4.58. The largest absolute Gasteiger partial charge is 0.379 e. The van der Waals surface area contributed by atoms with Crippen LogP contribution < -0.4 is 0 Å². The van der Waals surface area contributed by atoms with Crippen molar-refractivity contribution in [2.45, 2.75) is 40.7 Å². The zero-order valence-corrected chi connectivity index (χ0v) is 19.6. The summed E-state index contributed by atoms with van der Waals surface area (Å²) in [5, 5.41) is 3.02. The van der Waals surface area contributed by atoms with Crippen LogP contribution in [0.4, 0.5) is 0 Å². The predicted octanol–water partition coefficient (Wildman–Crippen LogP) is 4.33. The second-order valence-corrected chi connectivity index (χ2v) is 9.85. The highest BCUT2D eigenvalue weighted by molar-refractivity contribution is 7.13. The molecule has 0 unspecified atom stereocenters. The lowest BCUT2D eigenvalue weighted by Crippen LogP contribution is -2.38. The van der Waals surface area contributed by atoms with Crippen LogP contribution in [0, 0.1) is 11.8 Å². The van der Waals surface area contributed by atoms with Crippen molar-refractivity contribution in [3.8, 4) is 10.6 Å². The summed E-state index contributed by atoms with van der Waals surface area (Å²) in [6.45, 7) is 14.8. The number of hydrogen-bond acceptors (Lipinski definition) is 5. The van der Waals surface area contributed by atoms with Gasteiger partial charge in [-0.3, -0.25) is 9.69 Å². The molecular weight excluding hydrogens is 394 g/mol. The molecule has 0 radical (unpaired) electrons. The normalized spacial score (nSPS) is 15.1. The van der Waals surface area contributed by atoms with E-state index in [4.69, 9.17) is 9.72 Å². The van der Waals surface area contributed by atoms with Crippen molar-refractivity contribution in [1.29, 1.82) is 0 Å². The van der Waals surface area contributed by atoms with Crippen molar-refractivity contribution < 1.29 is 9.53 Å². The van der Waals surface area contributed by atoms with Gasteiger partial charge in [-0.15, -0.1) is 11.3 Å². The zero-order chi connectivity index (χ0) is 21.5. The SMILES string of the molecule is CC(C)CN(CC(C)C)C(=O)Cc1csc(-c2cccc(CN3CCOCC3)c2)n1. The maximum Gasteiger partial charge on any atom is 0.228 e. The van der Waals surface area contributed by atoms with Gasteiger partial charge >= 0.3 is 0 Å². The van der Waals surface area contributed by atoms with Crippen molar-refractivity contribution in [1.82, 2.24) is 14.8 Å². The highest BCUT2D eigenvalue weighted by atomic mass is 32.1. The van der Waals surface area contributed by atoms with E-state index in [9.17, 15) is 4.79 Å². The van der Waals surface area contributed by atoms with E-state index in [-0.39, 0.29) is 5.91 Å². The van der Waals surface area contributed by atoms with Gasteiger partial charge in [-0.05, 0) is 23.5 Å². The second-order valence-electron chi connectivity index (χ2n) is 9.00. The van der Waals surface area contributed by atoms with Crippen LogP contribution in [0.5, 0.6) is 0 Å². The van der Waals surface area contributed by atoms with E-state index in [0.717, 1.165) is 62.2 Å². The molecule has 0 atom stereocenters. The molecule has 0 bridgehead atoms. The van der Waals surface area contributed by atoms with Crippen LogP contribution in [0.3, 0.4) is 0 Å². The van der Waals surface area contributed by atoms with Crippen molar-refractivity contribution >= 4 is 17.2 Å². The number of morpholine rings is 1. The smallest absolute Gasteiger partial charge is 0.228 e. The number of carbonyl (C=O) groups excluding carboxylic acids is 1. The third-order valence-electron chi connectivity index (χ3n) is 5.09. The van der Waals surface area contributed by atoms with Gasteiger partial charge in [-0.25, -0.2) is 4.98 Å². The lowest BCUT2D eigenvalue weighted by atomic mass is 10.1. The lowest BCUT2D eigenvalue weighted by Gasteiger charge is -2.26. The Labute approximate surface area is 185 Å². The highest BCUT2D eigenvalue weighted by Gasteiger charge is 2.18. The third-order valence-corrected chi connectivity index (χ3v) is 6.03. The number of ether oxygens (including phenoxy) is 1. The van der Waals surface area contributed by atoms with E-state index in [1.54, 1.807) is 11.3 Å². The summed E-state index contributed by atoms with van der Waals surface area (Å²) >= 11 is 1.62. The monoisotopic (exact) mass is 429 g/mol. The Kier molecular flexibility index (Phi) is 8.42. The molecule has 0 aliphatic carbocycles. The summed E-state index contributed by atoms with van der Waals surface area (Å²) in [6, 6.07) is 8.61. The molecule has 1 aromatic heterocycles. The first-order valence-corrected chi connectivity index (χ1v) is 11.9. The van der Waals surface area contributed by atoms with E-state index in [1.807, 2.05) is 10.3 Å². The number of rotatable bonds is 9. The maximum atomic E-state index is 12.9. The van der Waals surface area contributed by atoms with Gasteiger partial charge in [0, 0.05) is 43.7 Å². The van der Waals surface area contributed by atoms with Crippen molar-refractivity contribution in [3.05, 3.63) is 40.9 Å². The number of aromatic nitrogens is 1. The molecule has 1 aromatic carbocycles. The molecule has 2 heterocycles. The molecular formula is C24H35N3O2S. The average Bonchev–Trinajstić information content (AvgIpc) is 3.16. The molecule has 1 fully saturated rings. The summed E-state index contributed by atoms with van der Waals surface area (Å²) in [5.41, 5.74) is 3.30. The topological polar surface area (TPSA) is 45.7 Å². The van der Waals surface area contributed by atoms with Crippen LogP contribution in [0.25, 0.3) is 10.6 Å². The Morgan fingerprint density at radius 3 is 2.53 bits per heavy atom. The number of benzene rings is 1. The first kappa shape index (κ1) is 22.9. The van der Waals surface area contributed by atoms with Crippen LogP contribution in [0.1, 0.15) is 39.0 Å². The standard InChI is InChI=1S/C24H35N3O2S/c1-18(2)14-27(15-19(3)4)23(28)13-22-17-30-24(25-22)21-7-5-6-20(12-21)16-26-8-10-29-11-9-26/h5-7,12,17-19H,8-11,13-16H2,1-4H3. The lowest BCUT2D eigenvalue weighted by molar-refractivity contribution is -0.131. The minimum absolute atomic E-state index is 0.176. The van der Waals surface area contributed by atoms with Crippen LogP contribution in [0.2, 0.25) is 0 Å². The summed E-state index contributed by atoms with van der Waals surface area (Å²) in [6.07, 6.45) is 0.378. The number of carbonyl (C=O) groups is 1. The molecule has 1 saturated heterocycles. The number of amides is 1. The van der Waals surface area contributed by atoms with Gasteiger partial charge in [-0.2, -0.15) is 0 Å². The molecule has 5 nitrogen and oxygen atoms in total. The first-order valence-electron chi connectivity index (χ1n) is 11.0. The molecule has 6 heteroatoms. The molecule has 0 saturated carbocycles. The van der Waals surface area contributed by atoms with E-state index in [2.05, 4.69) is 56.9 Å². The Morgan fingerprint density at radius 1 is 1.17 bits per heavy atom. The summed E-state index contributed by atoms with van der Waals surface area (Å²) in [5.74, 6) is 1.11. The number of thiazole rings is 1. The minimum atomic E-state index is 0.176. The molecule has 164 valence electrons. The molecule has 30 heavy (non-hydrogen) atoms. The molecule has 0 spiro atoms. The Bertz CT molecular complexity index is 802. The number of nitrogens with zero attached hydrogens (tertiary/aromatic N) is 3. The van der Waals surface area contributed by atoms with E-state index < -0.39 is 0 Å². The van der Waals surface area contributed by atoms with Crippen molar-refractivity contribution in [3.63, 3.8) is 0 Å². The second kappa shape index (κ2) is 11.0. The summed E-state index contributed by atoms with van der Waals surface area (Å²) in [7, 11) is 0. The van der Waals surface area contributed by atoms with Gasteiger partial charge in [-0.1, -0.05) is 45.9 Å². The van der Waals surface area contributed by atoms with E-state index in [1.165, 1.54) is 5.56 Å².